The molecule has 0 aromatic heterocycles. The van der Waals surface area contributed by atoms with Gasteiger partial charge >= 0.3 is 0 Å². The summed E-state index contributed by atoms with van der Waals surface area (Å²) in [7, 11) is 1.89. The zero-order valence-electron chi connectivity index (χ0n) is 15.1. The Morgan fingerprint density at radius 2 is 2.00 bits per heavy atom. The molecule has 0 amide bonds. The van der Waals surface area contributed by atoms with Crippen LogP contribution in [-0.4, -0.2) is 61.6 Å². The van der Waals surface area contributed by atoms with Crippen molar-refractivity contribution in [3.05, 3.63) is 34.9 Å². The number of hydrogen-bond acceptors (Lipinski definition) is 2. The summed E-state index contributed by atoms with van der Waals surface area (Å²) in [5.74, 6) is 1.05. The lowest BCUT2D eigenvalue weighted by Gasteiger charge is -2.25. The Labute approximate surface area is 174 Å². The molecule has 0 bridgehead atoms. The van der Waals surface area contributed by atoms with E-state index in [-0.39, 0.29) is 24.0 Å². The molecule has 140 valence electrons. The van der Waals surface area contributed by atoms with Crippen LogP contribution in [0.15, 0.2) is 29.3 Å². The number of nitrogens with zero attached hydrogens (tertiary/aromatic N) is 3. The van der Waals surface area contributed by atoms with Gasteiger partial charge in [0.25, 0.3) is 0 Å². The second kappa shape index (κ2) is 10.6. The van der Waals surface area contributed by atoms with E-state index in [4.69, 9.17) is 11.6 Å². The molecule has 2 saturated heterocycles. The topological polar surface area (TPSA) is 30.9 Å². The maximum atomic E-state index is 6.22. The predicted octanol–water partition coefficient (Wildman–Crippen LogP) is 3.64. The van der Waals surface area contributed by atoms with E-state index in [0.717, 1.165) is 43.5 Å². The van der Waals surface area contributed by atoms with Crippen molar-refractivity contribution in [3.63, 3.8) is 0 Å². The fourth-order valence-corrected chi connectivity index (χ4v) is 4.08. The molecule has 0 spiro atoms. The quantitative estimate of drug-likeness (QED) is 0.305. The van der Waals surface area contributed by atoms with Crippen LogP contribution in [0.3, 0.4) is 0 Å². The summed E-state index contributed by atoms with van der Waals surface area (Å²) in [5, 5.41) is 4.40. The molecule has 0 radical (unpaired) electrons. The molecule has 1 atom stereocenters. The number of hydrogen-bond donors (Lipinski definition) is 1. The molecule has 6 heteroatoms. The van der Waals surface area contributed by atoms with E-state index in [1.165, 1.54) is 37.9 Å². The molecule has 1 unspecified atom stereocenters. The number of aryl methyl sites for hydroxylation is 1. The average molecular weight is 477 g/mol. The van der Waals surface area contributed by atoms with Crippen molar-refractivity contribution in [2.24, 2.45) is 4.99 Å². The van der Waals surface area contributed by atoms with Crippen molar-refractivity contribution < 1.29 is 0 Å². The summed E-state index contributed by atoms with van der Waals surface area (Å²) < 4.78 is 0. The van der Waals surface area contributed by atoms with Crippen molar-refractivity contribution in [1.29, 1.82) is 0 Å². The Bertz CT molecular complexity index is 560. The smallest absolute Gasteiger partial charge is 0.193 e. The molecule has 4 nitrogen and oxygen atoms in total. The average Bonchev–Trinajstić information content (AvgIpc) is 3.27. The number of likely N-dealkylation sites (tertiary alicyclic amines) is 2. The molecule has 2 heterocycles. The molecule has 2 aliphatic rings. The van der Waals surface area contributed by atoms with Crippen LogP contribution in [0.2, 0.25) is 5.02 Å². The van der Waals surface area contributed by atoms with Gasteiger partial charge in [0, 0.05) is 37.7 Å². The first kappa shape index (κ1) is 20.8. The lowest BCUT2D eigenvalue weighted by Crippen LogP contribution is -2.43. The summed E-state index contributed by atoms with van der Waals surface area (Å²) in [6.45, 7) is 5.73. The molecule has 1 aromatic rings. The standard InChI is InChI=1S/C19H29ClN4.HI/c1-21-19(22-11-6-8-16-7-2-3-9-18(16)20)24-14-10-17(15-24)23-12-4-5-13-23;/h2-3,7,9,17H,4-6,8,10-15H2,1H3,(H,21,22);1H. The molecule has 25 heavy (non-hydrogen) atoms. The zero-order chi connectivity index (χ0) is 16.8. The number of rotatable bonds is 5. The molecule has 1 N–H and O–H groups in total. The van der Waals surface area contributed by atoms with Crippen molar-refractivity contribution in [2.75, 3.05) is 39.8 Å². The molecular weight excluding hydrogens is 447 g/mol. The fraction of sp³-hybridized carbons (Fsp3) is 0.632. The first-order valence-electron chi connectivity index (χ1n) is 9.21. The zero-order valence-corrected chi connectivity index (χ0v) is 18.2. The van der Waals surface area contributed by atoms with Crippen LogP contribution < -0.4 is 5.32 Å². The van der Waals surface area contributed by atoms with E-state index in [1.807, 2.05) is 19.2 Å². The Hall–Kier alpha value is -0.530. The number of aliphatic imine (C=N–C) groups is 1. The van der Waals surface area contributed by atoms with Gasteiger partial charge in [-0.1, -0.05) is 29.8 Å². The number of guanidine groups is 1. The SMILES string of the molecule is CN=C(NCCCc1ccccc1Cl)N1CCC(N2CCCC2)C1.I. The second-order valence-corrected chi connectivity index (χ2v) is 7.21. The monoisotopic (exact) mass is 476 g/mol. The van der Waals surface area contributed by atoms with Gasteiger partial charge in [0.2, 0.25) is 0 Å². The number of nitrogens with one attached hydrogen (secondary N) is 1. The van der Waals surface area contributed by atoms with Gasteiger partial charge < -0.3 is 10.2 Å². The van der Waals surface area contributed by atoms with Gasteiger partial charge in [-0.05, 0) is 56.8 Å². The fourth-order valence-electron chi connectivity index (χ4n) is 3.85. The van der Waals surface area contributed by atoms with Crippen molar-refractivity contribution in [1.82, 2.24) is 15.1 Å². The van der Waals surface area contributed by atoms with E-state index in [9.17, 15) is 0 Å². The van der Waals surface area contributed by atoms with E-state index in [0.29, 0.717) is 6.04 Å². The van der Waals surface area contributed by atoms with Gasteiger partial charge in [-0.25, -0.2) is 0 Å². The molecule has 1 aromatic carbocycles. The van der Waals surface area contributed by atoms with Gasteiger partial charge in [0.05, 0.1) is 0 Å². The highest BCUT2D eigenvalue weighted by Crippen LogP contribution is 2.20. The van der Waals surface area contributed by atoms with Crippen molar-refractivity contribution in [3.8, 4) is 0 Å². The summed E-state index contributed by atoms with van der Waals surface area (Å²) in [6.07, 6.45) is 6.06. The molecule has 0 saturated carbocycles. The molecular formula is C19H30ClIN4. The third-order valence-electron chi connectivity index (χ3n) is 5.20. The summed E-state index contributed by atoms with van der Waals surface area (Å²) in [6, 6.07) is 8.82. The van der Waals surface area contributed by atoms with Gasteiger partial charge in [-0.15, -0.1) is 24.0 Å². The third kappa shape index (κ3) is 5.73. The normalized spacial score (nSPS) is 21.4. The Morgan fingerprint density at radius 3 is 2.72 bits per heavy atom. The van der Waals surface area contributed by atoms with Crippen LogP contribution in [0.1, 0.15) is 31.2 Å². The molecule has 0 aliphatic carbocycles. The van der Waals surface area contributed by atoms with E-state index >= 15 is 0 Å². The maximum absolute atomic E-state index is 6.22. The molecule has 2 fully saturated rings. The van der Waals surface area contributed by atoms with Crippen molar-refractivity contribution >= 4 is 41.5 Å². The number of benzene rings is 1. The first-order chi connectivity index (χ1) is 11.8. The van der Waals surface area contributed by atoms with Crippen LogP contribution in [0.4, 0.5) is 0 Å². The van der Waals surface area contributed by atoms with Gasteiger partial charge in [-0.3, -0.25) is 9.89 Å². The van der Waals surface area contributed by atoms with Crippen LogP contribution in [0, 0.1) is 0 Å². The third-order valence-corrected chi connectivity index (χ3v) is 5.56. The highest BCUT2D eigenvalue weighted by atomic mass is 127. The van der Waals surface area contributed by atoms with Gasteiger partial charge in [-0.2, -0.15) is 0 Å². The largest absolute Gasteiger partial charge is 0.356 e. The minimum absolute atomic E-state index is 0. The van der Waals surface area contributed by atoms with Gasteiger partial charge in [0.1, 0.15) is 0 Å². The van der Waals surface area contributed by atoms with Crippen LogP contribution in [0.25, 0.3) is 0 Å². The summed E-state index contributed by atoms with van der Waals surface area (Å²) in [4.78, 5) is 9.55. The van der Waals surface area contributed by atoms with Crippen LogP contribution in [-0.2, 0) is 6.42 Å². The highest BCUT2D eigenvalue weighted by Gasteiger charge is 2.30. The molecule has 2 aliphatic heterocycles. The van der Waals surface area contributed by atoms with Gasteiger partial charge in [0.15, 0.2) is 5.96 Å². The Balaban J connectivity index is 0.00000225. The maximum Gasteiger partial charge on any atom is 0.193 e. The van der Waals surface area contributed by atoms with E-state index in [2.05, 4.69) is 32.2 Å². The van der Waals surface area contributed by atoms with Crippen molar-refractivity contribution in [2.45, 2.75) is 38.1 Å². The lowest BCUT2D eigenvalue weighted by atomic mass is 10.1. The first-order valence-corrected chi connectivity index (χ1v) is 9.59. The molecule has 3 rings (SSSR count). The Kier molecular flexibility index (Phi) is 8.79. The lowest BCUT2D eigenvalue weighted by molar-refractivity contribution is 0.249. The Morgan fingerprint density at radius 1 is 1.24 bits per heavy atom. The summed E-state index contributed by atoms with van der Waals surface area (Å²) in [5.41, 5.74) is 1.23. The van der Waals surface area contributed by atoms with E-state index < -0.39 is 0 Å². The van der Waals surface area contributed by atoms with E-state index in [1.54, 1.807) is 0 Å². The number of halogens is 2. The minimum Gasteiger partial charge on any atom is -0.356 e. The van der Waals surface area contributed by atoms with Crippen LogP contribution in [0.5, 0.6) is 0 Å². The predicted molar refractivity (Wildman–Crippen MR) is 117 cm³/mol. The minimum atomic E-state index is 0. The summed E-state index contributed by atoms with van der Waals surface area (Å²) >= 11 is 6.22. The second-order valence-electron chi connectivity index (χ2n) is 6.80. The van der Waals surface area contributed by atoms with Crippen LogP contribution >= 0.6 is 35.6 Å². The highest BCUT2D eigenvalue weighted by molar-refractivity contribution is 14.0.